The number of rotatable bonds is 3. The monoisotopic (exact) mass is 401 g/mol. The van der Waals surface area contributed by atoms with Crippen LogP contribution in [0.15, 0.2) is 29.6 Å². The Morgan fingerprint density at radius 1 is 1.52 bits per heavy atom. The minimum Gasteiger partial charge on any atom is -0.507 e. The highest BCUT2D eigenvalue weighted by molar-refractivity contribution is 14.1. The molecule has 1 heterocycles. The van der Waals surface area contributed by atoms with Gasteiger partial charge in [0.15, 0.2) is 5.84 Å². The molecule has 21 heavy (non-hydrogen) atoms. The van der Waals surface area contributed by atoms with Gasteiger partial charge in [0.1, 0.15) is 11.6 Å². The van der Waals surface area contributed by atoms with Gasteiger partial charge in [-0.1, -0.05) is 5.16 Å². The smallest absolute Gasteiger partial charge is 0.256 e. The molecule has 5 N–H and O–H groups in total. The van der Waals surface area contributed by atoms with Crippen molar-refractivity contribution >= 4 is 40.2 Å². The largest absolute Gasteiger partial charge is 0.507 e. The Hall–Kier alpha value is -2.30. The van der Waals surface area contributed by atoms with E-state index in [1.54, 1.807) is 19.2 Å². The zero-order valence-electron chi connectivity index (χ0n) is 10.9. The van der Waals surface area contributed by atoms with Gasteiger partial charge >= 0.3 is 0 Å². The number of phenolic OH excluding ortho intramolecular Hbond substituents is 1. The van der Waals surface area contributed by atoms with E-state index in [9.17, 15) is 9.90 Å². The molecule has 0 spiro atoms. The lowest BCUT2D eigenvalue weighted by atomic mass is 10.2. The summed E-state index contributed by atoms with van der Waals surface area (Å²) in [5.74, 6) is -0.306. The van der Waals surface area contributed by atoms with Crippen LogP contribution in [0.5, 0.6) is 5.75 Å². The fourth-order valence-corrected chi connectivity index (χ4v) is 2.00. The number of oxime groups is 1. The molecule has 0 aliphatic rings. The van der Waals surface area contributed by atoms with Gasteiger partial charge in [0, 0.05) is 12.6 Å². The maximum Gasteiger partial charge on any atom is 0.256 e. The Morgan fingerprint density at radius 3 is 2.86 bits per heavy atom. The van der Waals surface area contributed by atoms with E-state index >= 15 is 0 Å². The molecule has 0 aliphatic carbocycles. The first-order valence-corrected chi connectivity index (χ1v) is 6.81. The van der Waals surface area contributed by atoms with E-state index in [0.717, 1.165) is 0 Å². The lowest BCUT2D eigenvalue weighted by Crippen LogP contribution is -2.20. The molecule has 0 bridgehead atoms. The summed E-state index contributed by atoms with van der Waals surface area (Å²) in [5, 5.41) is 27.8. The Balaban J connectivity index is 2.31. The van der Waals surface area contributed by atoms with E-state index in [0.29, 0.717) is 9.13 Å². The highest BCUT2D eigenvalue weighted by Gasteiger charge is 2.16. The minimum absolute atomic E-state index is 0.0184. The number of aromatic hydroxyl groups is 1. The number of amides is 1. The van der Waals surface area contributed by atoms with Gasteiger partial charge in [-0.15, -0.1) is 0 Å². The van der Waals surface area contributed by atoms with Gasteiger partial charge in [-0.2, -0.15) is 5.10 Å². The van der Waals surface area contributed by atoms with E-state index in [1.165, 1.54) is 16.9 Å². The summed E-state index contributed by atoms with van der Waals surface area (Å²) in [4.78, 5) is 12.2. The molecule has 1 aromatic heterocycles. The second kappa shape index (κ2) is 5.99. The van der Waals surface area contributed by atoms with Crippen LogP contribution in [-0.4, -0.2) is 31.8 Å². The third-order valence-corrected chi connectivity index (χ3v) is 3.67. The topological polar surface area (TPSA) is 126 Å². The molecule has 0 atom stereocenters. The molecule has 2 aromatic rings. The first-order chi connectivity index (χ1) is 9.93. The summed E-state index contributed by atoms with van der Waals surface area (Å²) in [6.45, 7) is 0. The zero-order chi connectivity index (χ0) is 15.6. The number of nitrogens with zero attached hydrogens (tertiary/aromatic N) is 3. The van der Waals surface area contributed by atoms with Crippen LogP contribution < -0.4 is 11.1 Å². The molecule has 1 aromatic carbocycles. The van der Waals surface area contributed by atoms with E-state index in [-0.39, 0.29) is 23.0 Å². The van der Waals surface area contributed by atoms with E-state index in [2.05, 4.69) is 15.6 Å². The average Bonchev–Trinajstić information content (AvgIpc) is 2.82. The van der Waals surface area contributed by atoms with Gasteiger partial charge in [-0.25, -0.2) is 0 Å². The number of carbonyl (C=O) groups excluding carboxylic acids is 1. The number of nitrogens with two attached hydrogens (primary N) is 1. The van der Waals surface area contributed by atoms with Crippen molar-refractivity contribution in [3.63, 3.8) is 0 Å². The Morgan fingerprint density at radius 2 is 2.24 bits per heavy atom. The van der Waals surface area contributed by atoms with Crippen LogP contribution in [0.2, 0.25) is 0 Å². The maximum atomic E-state index is 12.2. The van der Waals surface area contributed by atoms with Crippen LogP contribution in [0.1, 0.15) is 15.9 Å². The first kappa shape index (κ1) is 15.1. The van der Waals surface area contributed by atoms with Gasteiger partial charge in [0.05, 0.1) is 15.3 Å². The number of nitrogens with one attached hydrogen (secondary N) is 1. The second-order valence-electron chi connectivity index (χ2n) is 4.14. The van der Waals surface area contributed by atoms with Crippen molar-refractivity contribution in [1.82, 2.24) is 9.78 Å². The normalized spacial score (nSPS) is 11.4. The maximum absolute atomic E-state index is 12.2. The summed E-state index contributed by atoms with van der Waals surface area (Å²) in [5.41, 5.74) is 6.09. The molecule has 0 saturated carbocycles. The fourth-order valence-electron chi connectivity index (χ4n) is 1.66. The zero-order valence-corrected chi connectivity index (χ0v) is 13.1. The number of amidine groups is 1. The Labute approximate surface area is 133 Å². The molecular weight excluding hydrogens is 389 g/mol. The standard InChI is InChI=1S/C12H12IN5O3/c1-18-11(7(5-15-18)10(14)17-21)16-12(20)6-2-3-8(13)9(19)4-6/h2-5,19,21H,1H3,(H2,14,17)(H,16,20). The van der Waals surface area contributed by atoms with Crippen LogP contribution in [0.25, 0.3) is 0 Å². The quantitative estimate of drug-likeness (QED) is 0.201. The first-order valence-electron chi connectivity index (χ1n) is 5.73. The second-order valence-corrected chi connectivity index (χ2v) is 5.30. The molecule has 0 fully saturated rings. The number of anilines is 1. The number of hydrogen-bond acceptors (Lipinski definition) is 5. The molecule has 0 radical (unpaired) electrons. The van der Waals surface area contributed by atoms with Crippen molar-refractivity contribution in [1.29, 1.82) is 0 Å². The summed E-state index contributed by atoms with van der Waals surface area (Å²) < 4.78 is 2.03. The summed E-state index contributed by atoms with van der Waals surface area (Å²) in [6, 6.07) is 4.56. The molecule has 0 aliphatic heterocycles. The number of aryl methyl sites for hydroxylation is 1. The van der Waals surface area contributed by atoms with Gasteiger partial charge in [-0.3, -0.25) is 9.48 Å². The van der Waals surface area contributed by atoms with Crippen molar-refractivity contribution < 1.29 is 15.1 Å². The number of carbonyl (C=O) groups is 1. The molecule has 110 valence electrons. The number of benzene rings is 1. The molecule has 0 saturated heterocycles. The van der Waals surface area contributed by atoms with Gasteiger partial charge in [0.25, 0.3) is 5.91 Å². The van der Waals surface area contributed by atoms with Gasteiger partial charge < -0.3 is 21.4 Å². The number of phenols is 1. The molecule has 0 unspecified atom stereocenters. The van der Waals surface area contributed by atoms with Crippen LogP contribution in [0, 0.1) is 3.57 Å². The highest BCUT2D eigenvalue weighted by atomic mass is 127. The van der Waals surface area contributed by atoms with Crippen LogP contribution in [0.3, 0.4) is 0 Å². The third-order valence-electron chi connectivity index (χ3n) is 2.76. The Kier molecular flexibility index (Phi) is 4.31. The highest BCUT2D eigenvalue weighted by Crippen LogP contribution is 2.22. The van der Waals surface area contributed by atoms with Crippen LogP contribution in [0.4, 0.5) is 5.82 Å². The van der Waals surface area contributed by atoms with Crippen molar-refractivity contribution in [2.24, 2.45) is 17.9 Å². The average molecular weight is 401 g/mol. The number of halogens is 1. The van der Waals surface area contributed by atoms with E-state index in [1.807, 2.05) is 22.6 Å². The minimum atomic E-state index is -0.447. The predicted octanol–water partition coefficient (Wildman–Crippen LogP) is 1.08. The van der Waals surface area contributed by atoms with Crippen LogP contribution in [-0.2, 0) is 7.05 Å². The summed E-state index contributed by atoms with van der Waals surface area (Å²) in [6.07, 6.45) is 1.37. The molecule has 2 rings (SSSR count). The molecule has 9 heteroatoms. The van der Waals surface area contributed by atoms with Crippen molar-refractivity contribution in [3.05, 3.63) is 39.1 Å². The molecule has 1 amide bonds. The van der Waals surface area contributed by atoms with Gasteiger partial charge in [0.2, 0.25) is 0 Å². The van der Waals surface area contributed by atoms with E-state index < -0.39 is 5.91 Å². The SMILES string of the molecule is Cn1ncc(/C(N)=N/O)c1NC(=O)c1ccc(I)c(O)c1. The number of hydrogen-bond donors (Lipinski definition) is 4. The lowest BCUT2D eigenvalue weighted by molar-refractivity contribution is 0.102. The van der Waals surface area contributed by atoms with Crippen molar-refractivity contribution in [2.75, 3.05) is 5.32 Å². The third kappa shape index (κ3) is 3.07. The van der Waals surface area contributed by atoms with Gasteiger partial charge in [-0.05, 0) is 40.8 Å². The van der Waals surface area contributed by atoms with E-state index in [4.69, 9.17) is 10.9 Å². The predicted molar refractivity (Wildman–Crippen MR) is 84.5 cm³/mol. The molecular formula is C12H12IN5O3. The van der Waals surface area contributed by atoms with Crippen molar-refractivity contribution in [2.45, 2.75) is 0 Å². The lowest BCUT2D eigenvalue weighted by Gasteiger charge is -2.08. The number of aromatic nitrogens is 2. The van der Waals surface area contributed by atoms with Crippen LogP contribution >= 0.6 is 22.6 Å². The van der Waals surface area contributed by atoms with Crippen molar-refractivity contribution in [3.8, 4) is 5.75 Å². The molecule has 8 nitrogen and oxygen atoms in total. The summed E-state index contributed by atoms with van der Waals surface area (Å²) >= 11 is 1.96. The fraction of sp³-hybridized carbons (Fsp3) is 0.0833. The summed E-state index contributed by atoms with van der Waals surface area (Å²) in [7, 11) is 1.61. The Bertz CT molecular complexity index is 726.